The minimum atomic E-state index is -0.422. The van der Waals surface area contributed by atoms with Crippen molar-refractivity contribution in [2.45, 2.75) is 25.7 Å². The molecule has 8 heteroatoms. The first kappa shape index (κ1) is 23.5. The molecular formula is C26H26N2O5S. The lowest BCUT2D eigenvalue weighted by Crippen LogP contribution is -2.15. The molecule has 2 aromatic carbocycles. The molecule has 1 aliphatic rings. The van der Waals surface area contributed by atoms with E-state index in [9.17, 15) is 9.59 Å². The molecule has 1 N–H and O–H groups in total. The molecule has 176 valence electrons. The van der Waals surface area contributed by atoms with Crippen molar-refractivity contribution < 1.29 is 23.8 Å². The summed E-state index contributed by atoms with van der Waals surface area (Å²) in [6, 6.07) is 12.2. The van der Waals surface area contributed by atoms with Gasteiger partial charge in [0.25, 0.3) is 5.91 Å². The number of anilines is 1. The normalized spacial score (nSPS) is 12.8. The lowest BCUT2D eigenvalue weighted by Gasteiger charge is -2.13. The number of aryl methyl sites for hydroxylation is 1. The first-order valence-electron chi connectivity index (χ1n) is 10.9. The van der Waals surface area contributed by atoms with E-state index in [2.05, 4.69) is 5.32 Å². The van der Waals surface area contributed by atoms with Crippen LogP contribution in [0.3, 0.4) is 0 Å². The number of carbonyl (C=O) groups excluding carboxylic acids is 2. The predicted octanol–water partition coefficient (Wildman–Crippen LogP) is 5.43. The van der Waals surface area contributed by atoms with Crippen molar-refractivity contribution in [1.82, 2.24) is 0 Å². The molecule has 3 aromatic rings. The lowest BCUT2D eigenvalue weighted by atomic mass is 9.95. The molecule has 1 heterocycles. The van der Waals surface area contributed by atoms with Gasteiger partial charge in [-0.25, -0.2) is 9.79 Å². The number of thiophene rings is 1. The van der Waals surface area contributed by atoms with E-state index in [1.165, 1.54) is 12.0 Å². The predicted molar refractivity (Wildman–Crippen MR) is 133 cm³/mol. The van der Waals surface area contributed by atoms with Crippen LogP contribution in [0, 0.1) is 0 Å². The number of esters is 1. The Morgan fingerprint density at radius 2 is 1.76 bits per heavy atom. The number of para-hydroxylation sites is 1. The fourth-order valence-corrected chi connectivity index (χ4v) is 5.25. The van der Waals surface area contributed by atoms with Gasteiger partial charge in [-0.05, 0) is 67.6 Å². The Bertz CT molecular complexity index is 1230. The third-order valence-corrected chi connectivity index (χ3v) is 6.90. The molecule has 0 fully saturated rings. The number of nitrogens with one attached hydrogen (secondary N) is 1. The van der Waals surface area contributed by atoms with E-state index < -0.39 is 5.97 Å². The van der Waals surface area contributed by atoms with Gasteiger partial charge in [-0.15, -0.1) is 11.3 Å². The van der Waals surface area contributed by atoms with Gasteiger partial charge < -0.3 is 19.5 Å². The van der Waals surface area contributed by atoms with Gasteiger partial charge in [0.2, 0.25) is 0 Å². The number of hydrogen-bond donors (Lipinski definition) is 1. The van der Waals surface area contributed by atoms with Crippen LogP contribution in [0.5, 0.6) is 11.5 Å². The van der Waals surface area contributed by atoms with Crippen molar-refractivity contribution in [1.29, 1.82) is 0 Å². The summed E-state index contributed by atoms with van der Waals surface area (Å²) in [4.78, 5) is 31.0. The van der Waals surface area contributed by atoms with Gasteiger partial charge >= 0.3 is 5.97 Å². The first-order chi connectivity index (χ1) is 16.5. The number of hydrogen-bond acceptors (Lipinski definition) is 7. The Morgan fingerprint density at radius 1 is 1.00 bits per heavy atom. The molecule has 0 bridgehead atoms. The smallest absolute Gasteiger partial charge is 0.337 e. The Hall–Kier alpha value is -3.65. The van der Waals surface area contributed by atoms with Crippen LogP contribution in [0.25, 0.3) is 0 Å². The van der Waals surface area contributed by atoms with E-state index in [0.29, 0.717) is 33.3 Å². The highest BCUT2D eigenvalue weighted by Gasteiger charge is 2.25. The van der Waals surface area contributed by atoms with Crippen LogP contribution in [0.4, 0.5) is 10.7 Å². The first-order valence-corrected chi connectivity index (χ1v) is 11.8. The van der Waals surface area contributed by atoms with Crippen LogP contribution in [-0.2, 0) is 17.6 Å². The van der Waals surface area contributed by atoms with E-state index in [-0.39, 0.29) is 5.91 Å². The van der Waals surface area contributed by atoms with Crippen LogP contribution in [-0.4, -0.2) is 39.4 Å². The number of methoxy groups -OCH3 is 3. The molecule has 0 radical (unpaired) electrons. The maximum Gasteiger partial charge on any atom is 0.337 e. The van der Waals surface area contributed by atoms with Gasteiger partial charge in [-0.3, -0.25) is 4.79 Å². The SMILES string of the molecule is COC(=O)c1ccc(NC(=O)c2c(N=Cc3cccc(OC)c3OC)sc3c2CCCC3)cc1. The molecule has 0 spiro atoms. The maximum absolute atomic E-state index is 13.4. The molecule has 1 aromatic heterocycles. The molecule has 1 aliphatic carbocycles. The Balaban J connectivity index is 1.65. The Kier molecular flexibility index (Phi) is 7.27. The second-order valence-electron chi connectivity index (χ2n) is 7.76. The van der Waals surface area contributed by atoms with Crippen molar-refractivity contribution >= 4 is 40.1 Å². The largest absolute Gasteiger partial charge is 0.493 e. The van der Waals surface area contributed by atoms with Crippen LogP contribution in [0.2, 0.25) is 0 Å². The number of ether oxygens (including phenoxy) is 3. The molecule has 4 rings (SSSR count). The number of amides is 1. The number of benzene rings is 2. The average Bonchev–Trinajstić information content (AvgIpc) is 3.25. The summed E-state index contributed by atoms with van der Waals surface area (Å²) in [5, 5.41) is 3.62. The number of carbonyl (C=O) groups is 2. The highest BCUT2D eigenvalue weighted by Crippen LogP contribution is 2.40. The summed E-state index contributed by atoms with van der Waals surface area (Å²) in [5.74, 6) is 0.571. The van der Waals surface area contributed by atoms with Crippen LogP contribution in [0.15, 0.2) is 47.5 Å². The molecule has 0 saturated carbocycles. The summed E-state index contributed by atoms with van der Waals surface area (Å²) < 4.78 is 15.6. The van der Waals surface area contributed by atoms with E-state index >= 15 is 0 Å². The minimum absolute atomic E-state index is 0.213. The highest BCUT2D eigenvalue weighted by molar-refractivity contribution is 7.16. The number of rotatable bonds is 7. The second-order valence-corrected chi connectivity index (χ2v) is 8.84. The van der Waals surface area contributed by atoms with Gasteiger partial charge in [0, 0.05) is 22.3 Å². The average molecular weight is 479 g/mol. The van der Waals surface area contributed by atoms with Gasteiger partial charge in [-0.1, -0.05) is 6.07 Å². The molecule has 0 unspecified atom stereocenters. The van der Waals surface area contributed by atoms with Crippen molar-refractivity contribution in [3.8, 4) is 11.5 Å². The summed E-state index contributed by atoms with van der Waals surface area (Å²) in [6.45, 7) is 0. The van der Waals surface area contributed by atoms with E-state index in [4.69, 9.17) is 19.2 Å². The molecule has 0 atom stereocenters. The van der Waals surface area contributed by atoms with Crippen LogP contribution in [0.1, 0.15) is 49.6 Å². The van der Waals surface area contributed by atoms with E-state index in [0.717, 1.165) is 36.8 Å². The molecule has 34 heavy (non-hydrogen) atoms. The molecule has 0 aliphatic heterocycles. The second kappa shape index (κ2) is 10.5. The zero-order valence-corrected chi connectivity index (χ0v) is 20.2. The summed E-state index contributed by atoms with van der Waals surface area (Å²) in [6.07, 6.45) is 5.67. The molecular weight excluding hydrogens is 452 g/mol. The molecule has 7 nitrogen and oxygen atoms in total. The standard InChI is InChI=1S/C26H26N2O5S/c1-31-20-9-6-7-17(23(20)32-2)15-27-25-22(19-8-4-5-10-21(19)34-25)24(29)28-18-13-11-16(12-14-18)26(30)33-3/h6-7,9,11-15H,4-5,8,10H2,1-3H3,(H,28,29). The van der Waals surface area contributed by atoms with Crippen molar-refractivity contribution in [2.75, 3.05) is 26.6 Å². The van der Waals surface area contributed by atoms with E-state index in [1.54, 1.807) is 56.0 Å². The summed E-state index contributed by atoms with van der Waals surface area (Å²) >= 11 is 1.56. The minimum Gasteiger partial charge on any atom is -0.493 e. The van der Waals surface area contributed by atoms with Gasteiger partial charge in [-0.2, -0.15) is 0 Å². The monoisotopic (exact) mass is 478 g/mol. The third kappa shape index (κ3) is 4.82. The number of nitrogens with zero attached hydrogens (tertiary/aromatic N) is 1. The zero-order valence-electron chi connectivity index (χ0n) is 19.3. The number of fused-ring (bicyclic) bond motifs is 1. The van der Waals surface area contributed by atoms with E-state index in [1.807, 2.05) is 18.2 Å². The topological polar surface area (TPSA) is 86.2 Å². The van der Waals surface area contributed by atoms with Crippen molar-refractivity contribution in [2.24, 2.45) is 4.99 Å². The lowest BCUT2D eigenvalue weighted by molar-refractivity contribution is 0.0600. The summed E-state index contributed by atoms with van der Waals surface area (Å²) in [7, 11) is 4.51. The third-order valence-electron chi connectivity index (χ3n) is 5.70. The Labute approximate surface area is 202 Å². The molecule has 0 saturated heterocycles. The Morgan fingerprint density at radius 3 is 2.47 bits per heavy atom. The number of aliphatic imine (C=N–C) groups is 1. The van der Waals surface area contributed by atoms with Crippen LogP contribution < -0.4 is 14.8 Å². The van der Waals surface area contributed by atoms with Gasteiger partial charge in [0.1, 0.15) is 5.00 Å². The summed E-state index contributed by atoms with van der Waals surface area (Å²) in [5.41, 5.74) is 3.46. The van der Waals surface area contributed by atoms with Crippen LogP contribution >= 0.6 is 11.3 Å². The fraction of sp³-hybridized carbons (Fsp3) is 0.269. The fourth-order valence-electron chi connectivity index (χ4n) is 4.02. The van der Waals surface area contributed by atoms with Crippen molar-refractivity contribution in [3.63, 3.8) is 0 Å². The highest BCUT2D eigenvalue weighted by atomic mass is 32.1. The van der Waals surface area contributed by atoms with Gasteiger partial charge in [0.15, 0.2) is 11.5 Å². The maximum atomic E-state index is 13.4. The zero-order chi connectivity index (χ0) is 24.1. The van der Waals surface area contributed by atoms with Crippen molar-refractivity contribution in [3.05, 3.63) is 69.6 Å². The molecule has 1 amide bonds. The van der Waals surface area contributed by atoms with Gasteiger partial charge in [0.05, 0.1) is 32.5 Å². The quantitative estimate of drug-likeness (QED) is 0.361.